The van der Waals surface area contributed by atoms with Crippen LogP contribution < -0.4 is 14.8 Å². The van der Waals surface area contributed by atoms with Crippen LogP contribution in [0.25, 0.3) is 0 Å². The van der Waals surface area contributed by atoms with Crippen molar-refractivity contribution in [3.63, 3.8) is 0 Å². The number of amides is 2. The third-order valence-corrected chi connectivity index (χ3v) is 6.59. The maximum Gasteiger partial charge on any atom is 0.247 e. The monoisotopic (exact) mass is 520 g/mol. The quantitative estimate of drug-likeness (QED) is 0.404. The minimum absolute atomic E-state index is 0.0316. The summed E-state index contributed by atoms with van der Waals surface area (Å²) in [7, 11) is 3.08. The molecule has 200 valence electrons. The van der Waals surface area contributed by atoms with Crippen molar-refractivity contribution in [3.05, 3.63) is 95.3 Å². The average molecular weight is 521 g/mol. The minimum atomic E-state index is -0.893. The topological polar surface area (TPSA) is 77.1 Å². The first-order valence-electron chi connectivity index (χ1n) is 12.7. The lowest BCUT2D eigenvalue weighted by molar-refractivity contribution is -0.141. The molecule has 0 radical (unpaired) electrons. The predicted octanol–water partition coefficient (Wildman–Crippen LogP) is 4.45. The fourth-order valence-corrected chi connectivity index (χ4v) is 4.60. The second-order valence-electron chi connectivity index (χ2n) is 9.21. The number of rotatable bonds is 11. The van der Waals surface area contributed by atoms with Crippen LogP contribution in [-0.4, -0.2) is 50.2 Å². The van der Waals surface area contributed by atoms with E-state index in [0.717, 1.165) is 12.8 Å². The first kappa shape index (κ1) is 27.1. The molecule has 0 aliphatic carbocycles. The summed E-state index contributed by atoms with van der Waals surface area (Å²) in [4.78, 5) is 29.1. The zero-order chi connectivity index (χ0) is 26.9. The van der Waals surface area contributed by atoms with Crippen LogP contribution in [0.4, 0.5) is 4.39 Å². The van der Waals surface area contributed by atoms with E-state index in [4.69, 9.17) is 14.2 Å². The molecular weight excluding hydrogens is 487 g/mol. The van der Waals surface area contributed by atoms with Gasteiger partial charge in [-0.2, -0.15) is 0 Å². The number of ether oxygens (including phenoxy) is 3. The fourth-order valence-electron chi connectivity index (χ4n) is 4.60. The molecule has 2 atom stereocenters. The smallest absolute Gasteiger partial charge is 0.247 e. The fraction of sp³-hybridized carbons (Fsp3) is 0.333. The number of carbonyl (C=O) groups excluding carboxylic acids is 2. The van der Waals surface area contributed by atoms with E-state index in [-0.39, 0.29) is 36.7 Å². The first-order chi connectivity index (χ1) is 18.5. The van der Waals surface area contributed by atoms with Gasteiger partial charge in [0.05, 0.1) is 26.7 Å². The Morgan fingerprint density at radius 1 is 1.00 bits per heavy atom. The summed E-state index contributed by atoms with van der Waals surface area (Å²) in [5.41, 5.74) is 2.10. The molecule has 1 fully saturated rings. The van der Waals surface area contributed by atoms with Gasteiger partial charge in [0.25, 0.3) is 0 Å². The van der Waals surface area contributed by atoms with Gasteiger partial charge in [-0.3, -0.25) is 9.59 Å². The Labute approximate surface area is 222 Å². The van der Waals surface area contributed by atoms with Gasteiger partial charge in [0.15, 0.2) is 11.5 Å². The van der Waals surface area contributed by atoms with Crippen LogP contribution in [0.15, 0.2) is 72.8 Å². The number of carbonyl (C=O) groups is 2. The molecule has 2 amide bonds. The first-order valence-corrected chi connectivity index (χ1v) is 12.7. The third-order valence-electron chi connectivity index (χ3n) is 6.59. The second kappa shape index (κ2) is 13.1. The summed E-state index contributed by atoms with van der Waals surface area (Å²) >= 11 is 0. The highest BCUT2D eigenvalue weighted by molar-refractivity contribution is 5.89. The van der Waals surface area contributed by atoms with Gasteiger partial charge in [-0.1, -0.05) is 48.5 Å². The van der Waals surface area contributed by atoms with Crippen molar-refractivity contribution in [2.45, 2.75) is 38.0 Å². The zero-order valence-corrected chi connectivity index (χ0v) is 21.7. The zero-order valence-electron chi connectivity index (χ0n) is 21.7. The highest BCUT2D eigenvalue weighted by atomic mass is 19.1. The molecule has 4 rings (SSSR count). The molecule has 7 nitrogen and oxygen atoms in total. The highest BCUT2D eigenvalue weighted by Crippen LogP contribution is 2.29. The van der Waals surface area contributed by atoms with Gasteiger partial charge in [0.2, 0.25) is 11.8 Å². The second-order valence-corrected chi connectivity index (χ2v) is 9.21. The number of methoxy groups -OCH3 is 2. The van der Waals surface area contributed by atoms with Gasteiger partial charge in [0.1, 0.15) is 11.9 Å². The molecular formula is C30H33FN2O5. The van der Waals surface area contributed by atoms with Crippen molar-refractivity contribution >= 4 is 11.8 Å². The van der Waals surface area contributed by atoms with Crippen molar-refractivity contribution in [2.24, 2.45) is 0 Å². The standard InChI is InChI=1S/C30H33FN2O5/c1-36-26-15-12-22(17-27(26)37-2)18-28(34)33(20-21-10-13-24(31)14-11-21)29(23-7-4-3-5-8-23)30(35)32-19-25-9-6-16-38-25/h3-5,7-8,10-15,17,25,29H,6,9,16,18-20H2,1-2H3,(H,32,35). The molecule has 0 spiro atoms. The van der Waals surface area contributed by atoms with E-state index in [0.29, 0.717) is 41.3 Å². The number of halogens is 1. The Kier molecular flexibility index (Phi) is 9.32. The Balaban J connectivity index is 1.66. The summed E-state index contributed by atoms with van der Waals surface area (Å²) in [5, 5.41) is 3.00. The van der Waals surface area contributed by atoms with Crippen LogP contribution in [0.1, 0.15) is 35.6 Å². The SMILES string of the molecule is COc1ccc(CC(=O)N(Cc2ccc(F)cc2)C(C(=O)NCC2CCCO2)c2ccccc2)cc1OC. The summed E-state index contributed by atoms with van der Waals surface area (Å²) in [6.45, 7) is 1.18. The third kappa shape index (κ3) is 6.89. The molecule has 2 unspecified atom stereocenters. The lowest BCUT2D eigenvalue weighted by Crippen LogP contribution is -2.45. The Hall–Kier alpha value is -3.91. The maximum absolute atomic E-state index is 13.9. The summed E-state index contributed by atoms with van der Waals surface area (Å²) in [6.07, 6.45) is 1.84. The predicted molar refractivity (Wildman–Crippen MR) is 141 cm³/mol. The molecule has 1 saturated heterocycles. The van der Waals surface area contributed by atoms with E-state index in [1.54, 1.807) is 42.3 Å². The van der Waals surface area contributed by atoms with Crippen molar-refractivity contribution in [2.75, 3.05) is 27.4 Å². The summed E-state index contributed by atoms with van der Waals surface area (Å²) < 4.78 is 30.0. The number of benzene rings is 3. The van der Waals surface area contributed by atoms with E-state index >= 15 is 0 Å². The van der Waals surface area contributed by atoms with Crippen molar-refractivity contribution in [1.29, 1.82) is 0 Å². The van der Waals surface area contributed by atoms with Gasteiger partial charge < -0.3 is 24.4 Å². The molecule has 1 aliphatic rings. The Morgan fingerprint density at radius 3 is 2.37 bits per heavy atom. The minimum Gasteiger partial charge on any atom is -0.493 e. The highest BCUT2D eigenvalue weighted by Gasteiger charge is 2.32. The molecule has 0 aromatic heterocycles. The van der Waals surface area contributed by atoms with Crippen molar-refractivity contribution in [3.8, 4) is 11.5 Å². The molecule has 1 heterocycles. The Morgan fingerprint density at radius 2 is 1.71 bits per heavy atom. The molecule has 3 aromatic carbocycles. The van der Waals surface area contributed by atoms with E-state index in [1.807, 2.05) is 30.3 Å². The van der Waals surface area contributed by atoms with E-state index in [9.17, 15) is 14.0 Å². The van der Waals surface area contributed by atoms with E-state index in [2.05, 4.69) is 5.32 Å². The molecule has 1 aliphatic heterocycles. The van der Waals surface area contributed by atoms with Crippen LogP contribution >= 0.6 is 0 Å². The van der Waals surface area contributed by atoms with Gasteiger partial charge in [-0.05, 0) is 53.8 Å². The van der Waals surface area contributed by atoms with E-state index < -0.39 is 6.04 Å². The maximum atomic E-state index is 13.9. The van der Waals surface area contributed by atoms with Gasteiger partial charge in [0, 0.05) is 19.7 Å². The molecule has 0 saturated carbocycles. The number of nitrogens with zero attached hydrogens (tertiary/aromatic N) is 1. The molecule has 3 aromatic rings. The van der Waals surface area contributed by atoms with Crippen molar-refractivity contribution in [1.82, 2.24) is 10.2 Å². The van der Waals surface area contributed by atoms with Gasteiger partial charge >= 0.3 is 0 Å². The van der Waals surface area contributed by atoms with E-state index in [1.165, 1.54) is 19.2 Å². The van der Waals surface area contributed by atoms with Crippen molar-refractivity contribution < 1.29 is 28.2 Å². The normalized spacial score (nSPS) is 15.5. The number of hydrogen-bond acceptors (Lipinski definition) is 5. The van der Waals surface area contributed by atoms with Crippen LogP contribution in [0.5, 0.6) is 11.5 Å². The van der Waals surface area contributed by atoms with Gasteiger partial charge in [-0.25, -0.2) is 4.39 Å². The van der Waals surface area contributed by atoms with Crippen LogP contribution in [0, 0.1) is 5.82 Å². The molecule has 8 heteroatoms. The summed E-state index contributed by atoms with van der Waals surface area (Å²) in [5.74, 6) is 0.141. The largest absolute Gasteiger partial charge is 0.493 e. The lowest BCUT2D eigenvalue weighted by Gasteiger charge is -2.32. The molecule has 1 N–H and O–H groups in total. The lowest BCUT2D eigenvalue weighted by atomic mass is 10.0. The van der Waals surface area contributed by atoms with Gasteiger partial charge in [-0.15, -0.1) is 0 Å². The van der Waals surface area contributed by atoms with Crippen LogP contribution in [-0.2, 0) is 27.3 Å². The molecule has 38 heavy (non-hydrogen) atoms. The van der Waals surface area contributed by atoms with Crippen LogP contribution in [0.3, 0.4) is 0 Å². The average Bonchev–Trinajstić information content (AvgIpc) is 3.47. The summed E-state index contributed by atoms with van der Waals surface area (Å²) in [6, 6.07) is 19.5. The number of nitrogens with one attached hydrogen (secondary N) is 1. The van der Waals surface area contributed by atoms with Crippen LogP contribution in [0.2, 0.25) is 0 Å². The number of hydrogen-bond donors (Lipinski definition) is 1. The molecule has 0 bridgehead atoms. The Bertz CT molecular complexity index is 1210.